The van der Waals surface area contributed by atoms with Crippen LogP contribution in [0.3, 0.4) is 0 Å². The van der Waals surface area contributed by atoms with Crippen molar-refractivity contribution in [2.45, 2.75) is 26.5 Å². The Morgan fingerprint density at radius 3 is 3.00 bits per heavy atom. The fourth-order valence-corrected chi connectivity index (χ4v) is 2.55. The van der Waals surface area contributed by atoms with E-state index in [1.807, 2.05) is 25.4 Å². The third-order valence-corrected chi connectivity index (χ3v) is 3.78. The SMILES string of the molecule is Cc1ccnc(C2CN(Cc3ccncc3C)CCO2)n1. The van der Waals surface area contributed by atoms with Gasteiger partial charge >= 0.3 is 0 Å². The number of morpholine rings is 1. The monoisotopic (exact) mass is 284 g/mol. The van der Waals surface area contributed by atoms with E-state index in [1.54, 1.807) is 6.20 Å². The highest BCUT2D eigenvalue weighted by Gasteiger charge is 2.24. The van der Waals surface area contributed by atoms with Gasteiger partial charge in [0.15, 0.2) is 5.82 Å². The summed E-state index contributed by atoms with van der Waals surface area (Å²) in [6.07, 6.45) is 5.52. The third-order valence-electron chi connectivity index (χ3n) is 3.78. The molecule has 21 heavy (non-hydrogen) atoms. The first-order valence-electron chi connectivity index (χ1n) is 7.25. The second-order valence-electron chi connectivity index (χ2n) is 5.45. The maximum atomic E-state index is 5.84. The molecule has 1 unspecified atom stereocenters. The molecule has 0 N–H and O–H groups in total. The van der Waals surface area contributed by atoms with Gasteiger partial charge < -0.3 is 4.74 Å². The van der Waals surface area contributed by atoms with Gasteiger partial charge in [0.2, 0.25) is 0 Å². The summed E-state index contributed by atoms with van der Waals surface area (Å²) in [4.78, 5) is 15.4. The van der Waals surface area contributed by atoms with E-state index in [-0.39, 0.29) is 6.10 Å². The molecule has 5 heteroatoms. The van der Waals surface area contributed by atoms with Crippen molar-refractivity contribution in [2.75, 3.05) is 19.7 Å². The van der Waals surface area contributed by atoms with Crippen molar-refractivity contribution in [2.24, 2.45) is 0 Å². The van der Waals surface area contributed by atoms with E-state index in [9.17, 15) is 0 Å². The first-order valence-corrected chi connectivity index (χ1v) is 7.25. The number of hydrogen-bond acceptors (Lipinski definition) is 5. The molecule has 3 heterocycles. The van der Waals surface area contributed by atoms with Gasteiger partial charge in [-0.15, -0.1) is 0 Å². The van der Waals surface area contributed by atoms with Crippen molar-refractivity contribution in [1.82, 2.24) is 19.9 Å². The molecule has 0 aliphatic carbocycles. The van der Waals surface area contributed by atoms with Crippen LogP contribution in [0.4, 0.5) is 0 Å². The number of rotatable bonds is 3. The quantitative estimate of drug-likeness (QED) is 0.863. The first-order chi connectivity index (χ1) is 10.2. The van der Waals surface area contributed by atoms with Crippen molar-refractivity contribution in [1.29, 1.82) is 0 Å². The minimum absolute atomic E-state index is 0.0409. The fourth-order valence-electron chi connectivity index (χ4n) is 2.55. The van der Waals surface area contributed by atoms with Gasteiger partial charge in [0.25, 0.3) is 0 Å². The largest absolute Gasteiger partial charge is 0.368 e. The number of hydrogen-bond donors (Lipinski definition) is 0. The van der Waals surface area contributed by atoms with Gasteiger partial charge in [0.1, 0.15) is 6.10 Å². The van der Waals surface area contributed by atoms with Crippen molar-refractivity contribution in [3.05, 3.63) is 53.4 Å². The molecule has 1 aliphatic heterocycles. The molecule has 1 atom stereocenters. The van der Waals surface area contributed by atoms with E-state index < -0.39 is 0 Å². The number of pyridine rings is 1. The normalized spacial score (nSPS) is 19.6. The van der Waals surface area contributed by atoms with Crippen LogP contribution in [0, 0.1) is 13.8 Å². The summed E-state index contributed by atoms with van der Waals surface area (Å²) in [5, 5.41) is 0. The predicted molar refractivity (Wildman–Crippen MR) is 79.7 cm³/mol. The number of nitrogens with zero attached hydrogens (tertiary/aromatic N) is 4. The minimum atomic E-state index is -0.0409. The van der Waals surface area contributed by atoms with E-state index >= 15 is 0 Å². The maximum absolute atomic E-state index is 5.84. The van der Waals surface area contributed by atoms with Crippen LogP contribution in [-0.4, -0.2) is 39.5 Å². The number of aromatic nitrogens is 3. The Morgan fingerprint density at radius 2 is 2.19 bits per heavy atom. The number of ether oxygens (including phenoxy) is 1. The zero-order chi connectivity index (χ0) is 14.7. The van der Waals surface area contributed by atoms with Crippen LogP contribution in [0.2, 0.25) is 0 Å². The Kier molecular flexibility index (Phi) is 4.22. The lowest BCUT2D eigenvalue weighted by molar-refractivity contribution is -0.0373. The molecule has 0 amide bonds. The Hall–Kier alpha value is -1.85. The highest BCUT2D eigenvalue weighted by Crippen LogP contribution is 2.21. The topological polar surface area (TPSA) is 51.1 Å². The highest BCUT2D eigenvalue weighted by molar-refractivity contribution is 5.21. The van der Waals surface area contributed by atoms with E-state index in [0.717, 1.165) is 31.2 Å². The minimum Gasteiger partial charge on any atom is -0.368 e. The molecule has 1 aliphatic rings. The molecular formula is C16H20N4O. The van der Waals surface area contributed by atoms with Crippen molar-refractivity contribution < 1.29 is 4.74 Å². The zero-order valence-electron chi connectivity index (χ0n) is 12.5. The molecule has 3 rings (SSSR count). The summed E-state index contributed by atoms with van der Waals surface area (Å²) in [6, 6.07) is 3.99. The molecule has 0 aromatic carbocycles. The van der Waals surface area contributed by atoms with Crippen LogP contribution in [0.25, 0.3) is 0 Å². The van der Waals surface area contributed by atoms with Crippen LogP contribution in [0.5, 0.6) is 0 Å². The predicted octanol–water partition coefficient (Wildman–Crippen LogP) is 2.06. The van der Waals surface area contributed by atoms with Gasteiger partial charge in [-0.1, -0.05) is 0 Å². The molecule has 0 bridgehead atoms. The lowest BCUT2D eigenvalue weighted by atomic mass is 10.1. The van der Waals surface area contributed by atoms with Crippen LogP contribution in [0.1, 0.15) is 28.7 Å². The molecule has 1 fully saturated rings. The summed E-state index contributed by atoms with van der Waals surface area (Å²) in [5.74, 6) is 0.783. The molecule has 110 valence electrons. The molecule has 0 spiro atoms. The van der Waals surface area contributed by atoms with Crippen molar-refractivity contribution in [3.8, 4) is 0 Å². The van der Waals surface area contributed by atoms with E-state index in [4.69, 9.17) is 4.74 Å². The third kappa shape index (κ3) is 3.43. The fraction of sp³-hybridized carbons (Fsp3) is 0.438. The Bertz CT molecular complexity index is 617. The molecule has 2 aromatic heterocycles. The van der Waals surface area contributed by atoms with E-state index in [0.29, 0.717) is 6.61 Å². The van der Waals surface area contributed by atoms with Gasteiger partial charge in [0, 0.05) is 43.9 Å². The van der Waals surface area contributed by atoms with Gasteiger partial charge in [-0.3, -0.25) is 9.88 Å². The zero-order valence-corrected chi connectivity index (χ0v) is 12.5. The molecular weight excluding hydrogens is 264 g/mol. The van der Waals surface area contributed by atoms with Crippen LogP contribution in [0.15, 0.2) is 30.7 Å². The molecule has 0 saturated carbocycles. The van der Waals surface area contributed by atoms with Gasteiger partial charge in [-0.25, -0.2) is 9.97 Å². The van der Waals surface area contributed by atoms with E-state index in [2.05, 4.69) is 32.8 Å². The van der Waals surface area contributed by atoms with Gasteiger partial charge in [0.05, 0.1) is 6.61 Å². The Morgan fingerprint density at radius 1 is 1.29 bits per heavy atom. The second kappa shape index (κ2) is 6.28. The summed E-state index contributed by atoms with van der Waals surface area (Å²) in [5.41, 5.74) is 3.52. The molecule has 5 nitrogen and oxygen atoms in total. The summed E-state index contributed by atoms with van der Waals surface area (Å²) in [6.45, 7) is 7.47. The molecule has 2 aromatic rings. The second-order valence-corrected chi connectivity index (χ2v) is 5.45. The maximum Gasteiger partial charge on any atom is 0.158 e. The lowest BCUT2D eigenvalue weighted by Gasteiger charge is -2.32. The smallest absolute Gasteiger partial charge is 0.158 e. The standard InChI is InChI=1S/C16H20N4O/c1-12-9-17-5-4-14(12)10-20-7-8-21-15(11-20)16-18-6-3-13(2)19-16/h3-6,9,15H,7-8,10-11H2,1-2H3. The average molecular weight is 284 g/mol. The highest BCUT2D eigenvalue weighted by atomic mass is 16.5. The van der Waals surface area contributed by atoms with Crippen LogP contribution >= 0.6 is 0 Å². The van der Waals surface area contributed by atoms with Crippen LogP contribution in [-0.2, 0) is 11.3 Å². The van der Waals surface area contributed by atoms with Gasteiger partial charge in [-0.2, -0.15) is 0 Å². The van der Waals surface area contributed by atoms with E-state index in [1.165, 1.54) is 11.1 Å². The van der Waals surface area contributed by atoms with Crippen LogP contribution < -0.4 is 0 Å². The molecule has 1 saturated heterocycles. The summed E-state index contributed by atoms with van der Waals surface area (Å²) < 4.78 is 5.84. The Balaban J connectivity index is 1.70. The lowest BCUT2D eigenvalue weighted by Crippen LogP contribution is -2.38. The first kappa shape index (κ1) is 14.1. The number of aryl methyl sites for hydroxylation is 2. The van der Waals surface area contributed by atoms with Crippen molar-refractivity contribution >= 4 is 0 Å². The Labute approximate surface area is 125 Å². The average Bonchev–Trinajstić information content (AvgIpc) is 2.50. The summed E-state index contributed by atoms with van der Waals surface area (Å²) >= 11 is 0. The van der Waals surface area contributed by atoms with Gasteiger partial charge in [-0.05, 0) is 37.1 Å². The summed E-state index contributed by atoms with van der Waals surface area (Å²) in [7, 11) is 0. The molecule has 0 radical (unpaired) electrons. The van der Waals surface area contributed by atoms with Crippen molar-refractivity contribution in [3.63, 3.8) is 0 Å².